The van der Waals surface area contributed by atoms with E-state index in [0.29, 0.717) is 37.7 Å². The highest BCUT2D eigenvalue weighted by Crippen LogP contribution is 2.49. The summed E-state index contributed by atoms with van der Waals surface area (Å²) in [6.45, 7) is 0. The molecule has 0 fully saturated rings. The lowest BCUT2D eigenvalue weighted by atomic mass is 9.84. The fourth-order valence-electron chi connectivity index (χ4n) is 4.88. The normalized spacial score (nSPS) is 13.4. The van der Waals surface area contributed by atoms with Gasteiger partial charge in [-0.15, -0.1) is 0 Å². The summed E-state index contributed by atoms with van der Waals surface area (Å²) in [7, 11) is 0. The van der Waals surface area contributed by atoms with Crippen LogP contribution in [0, 0.1) is 0 Å². The van der Waals surface area contributed by atoms with Crippen LogP contribution in [0.4, 0.5) is 0 Å². The van der Waals surface area contributed by atoms with Gasteiger partial charge in [0.05, 0.1) is 22.3 Å². The minimum atomic E-state index is -1.33. The summed E-state index contributed by atoms with van der Waals surface area (Å²) in [5.74, 6) is -4.26. The summed E-state index contributed by atoms with van der Waals surface area (Å²) in [6.07, 6.45) is 0. The van der Waals surface area contributed by atoms with Crippen molar-refractivity contribution in [2.45, 2.75) is 0 Å². The van der Waals surface area contributed by atoms with Gasteiger partial charge in [0.15, 0.2) is 0 Å². The molecule has 1 aliphatic rings. The Bertz CT molecular complexity index is 1800. The zero-order chi connectivity index (χ0) is 23.3. The third kappa shape index (κ3) is 2.35. The molecular weight excluding hydrogens is 471 g/mol. The van der Waals surface area contributed by atoms with Crippen LogP contribution in [-0.4, -0.2) is 34.1 Å². The number of benzene rings is 5. The largest absolute Gasteiger partial charge is 0.478 e. The number of rotatable bonds is 2. The summed E-state index contributed by atoms with van der Waals surface area (Å²) < 4.78 is 4.83. The van der Waals surface area contributed by atoms with Crippen LogP contribution >= 0.6 is 23.2 Å². The van der Waals surface area contributed by atoms with Gasteiger partial charge in [-0.2, -0.15) is 0 Å². The Kier molecular flexibility index (Phi) is 3.77. The number of cyclic esters (lactones) is 2. The molecule has 160 valence electrons. The van der Waals surface area contributed by atoms with Crippen molar-refractivity contribution in [2.24, 2.45) is 0 Å². The molecule has 0 unspecified atom stereocenters. The Morgan fingerprint density at radius 2 is 1.18 bits per heavy atom. The molecule has 0 radical (unpaired) electrons. The second-order valence-electron chi connectivity index (χ2n) is 7.67. The minimum Gasteiger partial charge on any atom is -0.478 e. The SMILES string of the molecule is O=C(O)c1ccc2c3c(Cl)cc4c5c(ccc(c6c(Cl)cc(C(=O)O)c1c26)c53)C(=O)OC4=O. The van der Waals surface area contributed by atoms with Gasteiger partial charge in [0.1, 0.15) is 0 Å². The molecule has 6 rings (SSSR count). The third-order valence-electron chi connectivity index (χ3n) is 6.09. The first-order valence-corrected chi connectivity index (χ1v) is 10.3. The van der Waals surface area contributed by atoms with E-state index in [-0.39, 0.29) is 37.7 Å². The Hall–Kier alpha value is -3.94. The zero-order valence-corrected chi connectivity index (χ0v) is 17.7. The summed E-state index contributed by atoms with van der Waals surface area (Å²) >= 11 is 13.2. The molecular formula is C24H8Cl2O7. The van der Waals surface area contributed by atoms with Gasteiger partial charge in [0.2, 0.25) is 0 Å². The van der Waals surface area contributed by atoms with E-state index in [1.807, 2.05) is 0 Å². The van der Waals surface area contributed by atoms with Gasteiger partial charge >= 0.3 is 23.9 Å². The number of aromatic carboxylic acids is 2. The van der Waals surface area contributed by atoms with Crippen LogP contribution in [0.2, 0.25) is 10.0 Å². The van der Waals surface area contributed by atoms with Crippen LogP contribution < -0.4 is 0 Å². The molecule has 0 aromatic heterocycles. The Morgan fingerprint density at radius 3 is 1.82 bits per heavy atom. The molecule has 7 nitrogen and oxygen atoms in total. The number of hydrogen-bond donors (Lipinski definition) is 2. The summed E-state index contributed by atoms with van der Waals surface area (Å²) in [6, 6.07) is 8.53. The van der Waals surface area contributed by atoms with E-state index in [1.165, 1.54) is 30.3 Å². The highest BCUT2D eigenvalue weighted by Gasteiger charge is 2.32. The lowest BCUT2D eigenvalue weighted by Gasteiger charge is -2.22. The second-order valence-corrected chi connectivity index (χ2v) is 8.48. The number of fused-ring (bicyclic) bond motifs is 2. The van der Waals surface area contributed by atoms with Gasteiger partial charge in [-0.05, 0) is 35.0 Å². The Balaban J connectivity index is 2.03. The maximum Gasteiger partial charge on any atom is 0.346 e. The van der Waals surface area contributed by atoms with Crippen molar-refractivity contribution in [3.63, 3.8) is 0 Å². The molecule has 0 atom stereocenters. The Labute approximate surface area is 193 Å². The quantitative estimate of drug-likeness (QED) is 0.143. The van der Waals surface area contributed by atoms with Gasteiger partial charge in [0.25, 0.3) is 0 Å². The lowest BCUT2D eigenvalue weighted by molar-refractivity contribution is 0.0390. The second kappa shape index (κ2) is 6.31. The van der Waals surface area contributed by atoms with Crippen LogP contribution in [0.3, 0.4) is 0 Å². The number of esters is 2. The van der Waals surface area contributed by atoms with Crippen molar-refractivity contribution >= 4 is 90.2 Å². The molecule has 2 N–H and O–H groups in total. The van der Waals surface area contributed by atoms with E-state index in [0.717, 1.165) is 0 Å². The van der Waals surface area contributed by atoms with E-state index in [2.05, 4.69) is 0 Å². The average Bonchev–Trinajstić information content (AvgIpc) is 2.76. The minimum absolute atomic E-state index is 0.0116. The highest BCUT2D eigenvalue weighted by atomic mass is 35.5. The highest BCUT2D eigenvalue weighted by molar-refractivity contribution is 6.49. The number of halogens is 2. The first kappa shape index (κ1) is 19.7. The van der Waals surface area contributed by atoms with Crippen molar-refractivity contribution < 1.29 is 34.1 Å². The molecule has 1 heterocycles. The summed E-state index contributed by atoms with van der Waals surface area (Å²) in [4.78, 5) is 48.8. The fourth-order valence-corrected chi connectivity index (χ4v) is 5.49. The van der Waals surface area contributed by atoms with Crippen LogP contribution in [-0.2, 0) is 4.74 Å². The number of carbonyl (C=O) groups excluding carboxylic acids is 2. The fraction of sp³-hybridized carbons (Fsp3) is 0. The number of carboxylic acid groups (broad SMARTS) is 2. The predicted octanol–water partition coefficient (Wildman–Crippen LogP) is 5.75. The lowest BCUT2D eigenvalue weighted by Crippen LogP contribution is -2.19. The molecule has 33 heavy (non-hydrogen) atoms. The topological polar surface area (TPSA) is 118 Å². The standard InChI is InChI=1S/C24H8Cl2O7/c25-13-5-11(22(29)30)15-9(21(27)28)3-1-7-18-14(26)6-12-16-10(23(31)33-24(12)32)4-2-8(20(16)18)17(13)19(7)15/h1-6H,(H,27,28)(H,29,30). The molecule has 0 bridgehead atoms. The number of hydrogen-bond acceptors (Lipinski definition) is 5. The van der Waals surface area contributed by atoms with Gasteiger partial charge in [-0.3, -0.25) is 0 Å². The van der Waals surface area contributed by atoms with Crippen LogP contribution in [0.5, 0.6) is 0 Å². The summed E-state index contributed by atoms with van der Waals surface area (Å²) in [5, 5.41) is 22.8. The molecule has 0 saturated carbocycles. The molecule has 0 saturated heterocycles. The zero-order valence-electron chi connectivity index (χ0n) is 16.2. The molecule has 9 heteroatoms. The smallest absolute Gasteiger partial charge is 0.346 e. The number of ether oxygens (including phenoxy) is 1. The summed E-state index contributed by atoms with van der Waals surface area (Å²) in [5.41, 5.74) is -0.161. The van der Waals surface area contributed by atoms with Gasteiger partial charge in [-0.25, -0.2) is 19.2 Å². The first-order chi connectivity index (χ1) is 15.7. The van der Waals surface area contributed by atoms with E-state index in [9.17, 15) is 29.4 Å². The van der Waals surface area contributed by atoms with Crippen LogP contribution in [0.15, 0.2) is 36.4 Å². The van der Waals surface area contributed by atoms with Crippen molar-refractivity contribution in [1.82, 2.24) is 0 Å². The third-order valence-corrected chi connectivity index (χ3v) is 6.69. The number of carbonyl (C=O) groups is 4. The van der Waals surface area contributed by atoms with Crippen molar-refractivity contribution in [3.05, 3.63) is 68.7 Å². The van der Waals surface area contributed by atoms with Crippen molar-refractivity contribution in [3.8, 4) is 0 Å². The maximum atomic E-state index is 12.4. The van der Waals surface area contributed by atoms with E-state index in [1.54, 1.807) is 6.07 Å². The molecule has 1 aliphatic heterocycles. The number of carboxylic acids is 2. The monoisotopic (exact) mass is 478 g/mol. The first-order valence-electron chi connectivity index (χ1n) is 9.53. The predicted molar refractivity (Wildman–Crippen MR) is 121 cm³/mol. The van der Waals surface area contributed by atoms with Gasteiger partial charge in [-0.1, -0.05) is 35.3 Å². The van der Waals surface area contributed by atoms with E-state index in [4.69, 9.17) is 27.9 Å². The Morgan fingerprint density at radius 1 is 0.636 bits per heavy atom. The van der Waals surface area contributed by atoms with E-state index < -0.39 is 23.9 Å². The van der Waals surface area contributed by atoms with Crippen LogP contribution in [0.1, 0.15) is 41.4 Å². The van der Waals surface area contributed by atoms with Gasteiger partial charge in [0, 0.05) is 42.4 Å². The van der Waals surface area contributed by atoms with Crippen molar-refractivity contribution in [2.75, 3.05) is 0 Å². The average molecular weight is 479 g/mol. The molecule has 5 aromatic carbocycles. The van der Waals surface area contributed by atoms with Crippen LogP contribution in [0.25, 0.3) is 43.1 Å². The van der Waals surface area contributed by atoms with Gasteiger partial charge < -0.3 is 14.9 Å². The molecule has 0 amide bonds. The van der Waals surface area contributed by atoms with E-state index >= 15 is 0 Å². The maximum absolute atomic E-state index is 12.4. The molecule has 5 aromatic rings. The molecule has 0 spiro atoms. The van der Waals surface area contributed by atoms with Crippen molar-refractivity contribution in [1.29, 1.82) is 0 Å². The molecule has 0 aliphatic carbocycles.